The lowest BCUT2D eigenvalue weighted by Gasteiger charge is -2.14. The minimum atomic E-state index is -0.869. The second-order valence-corrected chi connectivity index (χ2v) is 4.12. The summed E-state index contributed by atoms with van der Waals surface area (Å²) in [4.78, 5) is 10.8. The lowest BCUT2D eigenvalue weighted by Crippen LogP contribution is -2.15. The molecule has 1 aromatic rings. The molecule has 0 saturated heterocycles. The highest BCUT2D eigenvalue weighted by Crippen LogP contribution is 2.19. The average molecular weight is 217 g/mol. The molecule has 84 valence electrons. The molecule has 0 bridgehead atoms. The fourth-order valence-electron chi connectivity index (χ4n) is 1.96. The van der Waals surface area contributed by atoms with Gasteiger partial charge in [-0.25, -0.2) is 4.79 Å². The van der Waals surface area contributed by atoms with Crippen molar-refractivity contribution >= 4 is 11.7 Å². The first-order valence-electron chi connectivity index (χ1n) is 5.42. The van der Waals surface area contributed by atoms with Gasteiger partial charge in [-0.1, -0.05) is 12.2 Å². The first-order chi connectivity index (χ1) is 7.66. The number of nitrogens with one attached hydrogen (secondary N) is 1. The van der Waals surface area contributed by atoms with E-state index in [0.717, 1.165) is 24.1 Å². The molecular weight excluding hydrogens is 202 g/mol. The summed E-state index contributed by atoms with van der Waals surface area (Å²) in [5.41, 5.74) is 2.16. The Morgan fingerprint density at radius 1 is 1.38 bits per heavy atom. The molecule has 0 heterocycles. The Balaban J connectivity index is 2.11. The summed E-state index contributed by atoms with van der Waals surface area (Å²) in [6.07, 6.45) is 6.41. The molecule has 3 nitrogen and oxygen atoms in total. The van der Waals surface area contributed by atoms with Gasteiger partial charge in [-0.3, -0.25) is 0 Å². The Labute approximate surface area is 94.8 Å². The number of hydrogen-bond donors (Lipinski definition) is 2. The van der Waals surface area contributed by atoms with Crippen LogP contribution in [0.15, 0.2) is 30.4 Å². The second kappa shape index (κ2) is 4.39. The van der Waals surface area contributed by atoms with Gasteiger partial charge < -0.3 is 10.4 Å². The highest BCUT2D eigenvalue weighted by molar-refractivity contribution is 5.89. The normalized spacial score (nSPS) is 15.3. The third-order valence-corrected chi connectivity index (χ3v) is 2.84. The van der Waals surface area contributed by atoms with E-state index in [1.54, 1.807) is 6.07 Å². The summed E-state index contributed by atoms with van der Waals surface area (Å²) in [7, 11) is 0. The van der Waals surface area contributed by atoms with Crippen LogP contribution in [-0.2, 0) is 0 Å². The van der Waals surface area contributed by atoms with Crippen LogP contribution in [0.4, 0.5) is 5.69 Å². The maximum absolute atomic E-state index is 10.8. The van der Waals surface area contributed by atoms with E-state index in [1.807, 2.05) is 19.1 Å². The maximum atomic E-state index is 10.8. The van der Waals surface area contributed by atoms with E-state index in [9.17, 15) is 4.79 Å². The zero-order valence-electron chi connectivity index (χ0n) is 9.23. The molecule has 0 spiro atoms. The zero-order chi connectivity index (χ0) is 11.5. The first-order valence-corrected chi connectivity index (χ1v) is 5.42. The van der Waals surface area contributed by atoms with Gasteiger partial charge in [0.05, 0.1) is 5.56 Å². The van der Waals surface area contributed by atoms with Crippen LogP contribution in [0.1, 0.15) is 28.8 Å². The molecule has 0 unspecified atom stereocenters. The summed E-state index contributed by atoms with van der Waals surface area (Å²) >= 11 is 0. The molecule has 3 heteroatoms. The van der Waals surface area contributed by atoms with Crippen LogP contribution in [0.3, 0.4) is 0 Å². The topological polar surface area (TPSA) is 49.3 Å². The number of carbonyl (C=O) groups is 1. The van der Waals surface area contributed by atoms with Crippen molar-refractivity contribution in [1.29, 1.82) is 0 Å². The number of benzene rings is 1. The van der Waals surface area contributed by atoms with Gasteiger partial charge in [-0.2, -0.15) is 0 Å². The number of aryl methyl sites for hydroxylation is 1. The predicted molar refractivity (Wildman–Crippen MR) is 63.9 cm³/mol. The van der Waals surface area contributed by atoms with E-state index in [2.05, 4.69) is 17.5 Å². The molecule has 2 rings (SSSR count). The van der Waals surface area contributed by atoms with Crippen molar-refractivity contribution in [1.82, 2.24) is 0 Å². The minimum absolute atomic E-state index is 0.370. The zero-order valence-corrected chi connectivity index (χ0v) is 9.23. The molecule has 2 N–H and O–H groups in total. The van der Waals surface area contributed by atoms with Gasteiger partial charge in [0, 0.05) is 11.7 Å². The lowest BCUT2D eigenvalue weighted by molar-refractivity contribution is 0.0696. The van der Waals surface area contributed by atoms with E-state index >= 15 is 0 Å². The van der Waals surface area contributed by atoms with Gasteiger partial charge >= 0.3 is 5.97 Å². The van der Waals surface area contributed by atoms with Crippen LogP contribution >= 0.6 is 0 Å². The number of aromatic carboxylic acids is 1. The smallest absolute Gasteiger partial charge is 0.335 e. The Bertz CT molecular complexity index is 430. The lowest BCUT2D eigenvalue weighted by atomic mass is 10.1. The van der Waals surface area contributed by atoms with Crippen LogP contribution in [0.2, 0.25) is 0 Å². The van der Waals surface area contributed by atoms with E-state index < -0.39 is 5.97 Å². The number of carboxylic acid groups (broad SMARTS) is 1. The van der Waals surface area contributed by atoms with Gasteiger partial charge in [0.2, 0.25) is 0 Å². The summed E-state index contributed by atoms with van der Waals surface area (Å²) in [5.74, 6) is -0.869. The van der Waals surface area contributed by atoms with E-state index in [4.69, 9.17) is 5.11 Å². The van der Waals surface area contributed by atoms with Crippen LogP contribution in [0, 0.1) is 6.92 Å². The molecule has 1 aliphatic rings. The Morgan fingerprint density at radius 2 is 2.06 bits per heavy atom. The molecule has 1 aliphatic carbocycles. The quantitative estimate of drug-likeness (QED) is 0.765. The molecule has 0 aromatic heterocycles. The van der Waals surface area contributed by atoms with E-state index in [0.29, 0.717) is 11.6 Å². The third-order valence-electron chi connectivity index (χ3n) is 2.84. The van der Waals surface area contributed by atoms with E-state index in [1.165, 1.54) is 0 Å². The summed E-state index contributed by atoms with van der Waals surface area (Å²) in [5, 5.41) is 12.3. The van der Waals surface area contributed by atoms with Gasteiger partial charge in [0.1, 0.15) is 0 Å². The van der Waals surface area contributed by atoms with Crippen molar-refractivity contribution < 1.29 is 9.90 Å². The second-order valence-electron chi connectivity index (χ2n) is 4.12. The summed E-state index contributed by atoms with van der Waals surface area (Å²) < 4.78 is 0. The van der Waals surface area contributed by atoms with Gasteiger partial charge in [-0.05, 0) is 43.5 Å². The van der Waals surface area contributed by atoms with Crippen molar-refractivity contribution in [3.8, 4) is 0 Å². The van der Waals surface area contributed by atoms with E-state index in [-0.39, 0.29) is 0 Å². The van der Waals surface area contributed by atoms with Gasteiger partial charge in [0.25, 0.3) is 0 Å². The number of rotatable bonds is 3. The summed E-state index contributed by atoms with van der Waals surface area (Å²) in [6.45, 7) is 1.82. The highest BCUT2D eigenvalue weighted by Gasteiger charge is 2.11. The van der Waals surface area contributed by atoms with Crippen molar-refractivity contribution in [2.45, 2.75) is 25.8 Å². The number of carboxylic acids is 1. The summed E-state index contributed by atoms with van der Waals surface area (Å²) in [6, 6.07) is 5.83. The first kappa shape index (κ1) is 10.7. The fourth-order valence-corrected chi connectivity index (χ4v) is 1.96. The molecule has 0 radical (unpaired) electrons. The molecule has 16 heavy (non-hydrogen) atoms. The monoisotopic (exact) mass is 217 g/mol. The molecule has 0 fully saturated rings. The van der Waals surface area contributed by atoms with Crippen LogP contribution in [0.25, 0.3) is 0 Å². The van der Waals surface area contributed by atoms with Gasteiger partial charge in [-0.15, -0.1) is 0 Å². The standard InChI is InChI=1S/C13H15NO2/c1-9-8-11(6-7-12(9)13(15)16)14-10-4-2-3-5-10/h2-3,6-8,10,14H,4-5H2,1H3,(H,15,16). The molecule has 0 saturated carbocycles. The molecular formula is C13H15NO2. The van der Waals surface area contributed by atoms with Crippen LogP contribution in [-0.4, -0.2) is 17.1 Å². The van der Waals surface area contributed by atoms with Crippen molar-refractivity contribution in [3.05, 3.63) is 41.5 Å². The van der Waals surface area contributed by atoms with Crippen molar-refractivity contribution in [2.75, 3.05) is 5.32 Å². The van der Waals surface area contributed by atoms with Crippen molar-refractivity contribution in [3.63, 3.8) is 0 Å². The largest absolute Gasteiger partial charge is 0.478 e. The Morgan fingerprint density at radius 3 is 2.62 bits per heavy atom. The minimum Gasteiger partial charge on any atom is -0.478 e. The van der Waals surface area contributed by atoms with Crippen LogP contribution in [0.5, 0.6) is 0 Å². The Hall–Kier alpha value is -1.77. The SMILES string of the molecule is Cc1cc(NC2CC=CC2)ccc1C(=O)O. The number of hydrogen-bond acceptors (Lipinski definition) is 2. The molecule has 0 amide bonds. The molecule has 0 aliphatic heterocycles. The average Bonchev–Trinajstić information content (AvgIpc) is 2.70. The predicted octanol–water partition coefficient (Wildman–Crippen LogP) is 2.82. The number of anilines is 1. The molecule has 0 atom stereocenters. The third kappa shape index (κ3) is 2.24. The highest BCUT2D eigenvalue weighted by atomic mass is 16.4. The van der Waals surface area contributed by atoms with Crippen molar-refractivity contribution in [2.24, 2.45) is 0 Å². The van der Waals surface area contributed by atoms with Crippen LogP contribution < -0.4 is 5.32 Å². The molecule has 1 aromatic carbocycles. The fraction of sp³-hybridized carbons (Fsp3) is 0.308. The Kier molecular flexibility index (Phi) is 2.95. The van der Waals surface area contributed by atoms with Gasteiger partial charge in [0.15, 0.2) is 0 Å². The maximum Gasteiger partial charge on any atom is 0.335 e.